The number of anilines is 2. The summed E-state index contributed by atoms with van der Waals surface area (Å²) in [5.74, 6) is -1.15. The van der Waals surface area contributed by atoms with Crippen molar-refractivity contribution >= 4 is 30.6 Å². The van der Waals surface area contributed by atoms with Gasteiger partial charge in [-0.25, -0.2) is 4.39 Å². The number of halogens is 4. The summed E-state index contributed by atoms with van der Waals surface area (Å²) in [5, 5.41) is 3.10. The lowest BCUT2D eigenvalue weighted by Gasteiger charge is -2.28. The lowest BCUT2D eigenvalue weighted by atomic mass is 10.2. The molecule has 0 aliphatic heterocycles. The standard InChI is InChI=1S/C21H27ClF3N2O4P/c1-5-29-32(28,30-6-2)19(15-7-11-17(12-8-15)27(3)4)26-16-9-13-18(14-10-16)31-21(24,25)20(22)23/h7-14,19-20,26H,5-6H2,1-4H3. The van der Waals surface area contributed by atoms with E-state index in [2.05, 4.69) is 10.1 Å². The van der Waals surface area contributed by atoms with E-state index in [0.717, 1.165) is 5.69 Å². The summed E-state index contributed by atoms with van der Waals surface area (Å²) in [4.78, 5) is 1.92. The number of alkyl halides is 4. The van der Waals surface area contributed by atoms with E-state index in [-0.39, 0.29) is 19.0 Å². The molecule has 11 heteroatoms. The van der Waals surface area contributed by atoms with Crippen molar-refractivity contribution in [3.05, 3.63) is 54.1 Å². The highest BCUT2D eigenvalue weighted by Crippen LogP contribution is 2.60. The van der Waals surface area contributed by atoms with Gasteiger partial charge in [-0.1, -0.05) is 23.7 Å². The number of ether oxygens (including phenoxy) is 1. The van der Waals surface area contributed by atoms with Gasteiger partial charge in [0.1, 0.15) is 5.75 Å². The smallest absolute Gasteiger partial charge is 0.429 e. The molecule has 1 N–H and O–H groups in total. The fourth-order valence-electron chi connectivity index (χ4n) is 2.82. The van der Waals surface area contributed by atoms with Crippen LogP contribution in [0.1, 0.15) is 25.2 Å². The molecule has 2 aromatic rings. The highest BCUT2D eigenvalue weighted by molar-refractivity contribution is 7.54. The molecule has 0 aliphatic carbocycles. The van der Waals surface area contributed by atoms with Crippen LogP contribution in [0.25, 0.3) is 0 Å². The van der Waals surface area contributed by atoms with Gasteiger partial charge in [-0.2, -0.15) is 8.78 Å². The van der Waals surface area contributed by atoms with Gasteiger partial charge in [0.05, 0.1) is 13.2 Å². The molecule has 0 bridgehead atoms. The lowest BCUT2D eigenvalue weighted by molar-refractivity contribution is -0.199. The summed E-state index contributed by atoms with van der Waals surface area (Å²) in [6, 6.07) is 12.6. The van der Waals surface area contributed by atoms with E-state index in [9.17, 15) is 17.7 Å². The van der Waals surface area contributed by atoms with Crippen molar-refractivity contribution in [3.8, 4) is 5.75 Å². The Morgan fingerprint density at radius 3 is 2.00 bits per heavy atom. The van der Waals surface area contributed by atoms with Gasteiger partial charge < -0.3 is 24.0 Å². The van der Waals surface area contributed by atoms with E-state index in [1.54, 1.807) is 26.0 Å². The Kier molecular flexibility index (Phi) is 9.28. The first-order valence-corrected chi connectivity index (χ1v) is 11.9. The molecule has 2 atom stereocenters. The Morgan fingerprint density at radius 1 is 1.03 bits per heavy atom. The molecule has 6 nitrogen and oxygen atoms in total. The lowest BCUT2D eigenvalue weighted by Crippen LogP contribution is -2.32. The topological polar surface area (TPSA) is 60.0 Å². The van der Waals surface area contributed by atoms with Crippen LogP contribution in [0.5, 0.6) is 5.75 Å². The minimum atomic E-state index is -4.17. The second-order valence-corrected chi connectivity index (χ2v) is 9.39. The van der Waals surface area contributed by atoms with E-state index < -0.39 is 25.1 Å². The zero-order valence-corrected chi connectivity index (χ0v) is 19.9. The maximum atomic E-state index is 13.6. The average molecular weight is 495 g/mol. The molecule has 0 amide bonds. The van der Waals surface area contributed by atoms with Gasteiger partial charge in [0.15, 0.2) is 5.78 Å². The molecule has 0 spiro atoms. The van der Waals surface area contributed by atoms with Gasteiger partial charge in [-0.15, -0.1) is 0 Å². The molecule has 0 saturated heterocycles. The fraction of sp³-hybridized carbons (Fsp3) is 0.429. The Hall–Kier alpha value is -1.93. The van der Waals surface area contributed by atoms with Crippen molar-refractivity contribution in [1.29, 1.82) is 0 Å². The van der Waals surface area contributed by atoms with Crippen molar-refractivity contribution < 1.29 is 31.5 Å². The monoisotopic (exact) mass is 494 g/mol. The molecular weight excluding hydrogens is 468 g/mol. The molecule has 178 valence electrons. The summed E-state index contributed by atoms with van der Waals surface area (Å²) in [6.45, 7) is 3.74. The van der Waals surface area contributed by atoms with Gasteiger partial charge in [-0.05, 0) is 55.8 Å². The van der Waals surface area contributed by atoms with Crippen LogP contribution in [0, 0.1) is 0 Å². The van der Waals surface area contributed by atoms with Crippen molar-refractivity contribution in [2.24, 2.45) is 0 Å². The summed E-state index contributed by atoms with van der Waals surface area (Å²) >= 11 is 4.81. The Labute approximate surface area is 191 Å². The van der Waals surface area contributed by atoms with Crippen LogP contribution in [0.3, 0.4) is 0 Å². The third kappa shape index (κ3) is 6.78. The summed E-state index contributed by atoms with van der Waals surface area (Å²) < 4.78 is 68.4. The van der Waals surface area contributed by atoms with Crippen LogP contribution >= 0.6 is 19.2 Å². The molecular formula is C21H27ClF3N2O4P. The summed E-state index contributed by atoms with van der Waals surface area (Å²) in [5.41, 5.74) is -0.958. The highest BCUT2D eigenvalue weighted by atomic mass is 35.5. The third-order valence-electron chi connectivity index (χ3n) is 4.33. The molecule has 0 heterocycles. The number of nitrogens with one attached hydrogen (secondary N) is 1. The van der Waals surface area contributed by atoms with Crippen LogP contribution in [0.2, 0.25) is 0 Å². The Morgan fingerprint density at radius 2 is 1.56 bits per heavy atom. The van der Waals surface area contributed by atoms with Crippen LogP contribution in [0.15, 0.2) is 48.5 Å². The molecule has 2 aromatic carbocycles. The number of hydrogen-bond acceptors (Lipinski definition) is 6. The first kappa shape index (κ1) is 26.3. The van der Waals surface area contributed by atoms with Crippen LogP contribution in [0.4, 0.5) is 24.5 Å². The van der Waals surface area contributed by atoms with E-state index in [4.69, 9.17) is 20.6 Å². The molecule has 2 unspecified atom stereocenters. The predicted molar refractivity (Wildman–Crippen MR) is 121 cm³/mol. The number of hydrogen-bond donors (Lipinski definition) is 1. The molecule has 0 aromatic heterocycles. The minimum Gasteiger partial charge on any atom is -0.429 e. The zero-order chi connectivity index (χ0) is 23.9. The SMILES string of the molecule is CCOP(=O)(OCC)C(Nc1ccc(OC(F)(F)C(F)Cl)cc1)c1ccc(N(C)C)cc1. The first-order chi connectivity index (χ1) is 15.0. The molecule has 0 radical (unpaired) electrons. The molecule has 0 saturated carbocycles. The van der Waals surface area contributed by atoms with Crippen molar-refractivity contribution in [1.82, 2.24) is 0 Å². The average Bonchev–Trinajstić information content (AvgIpc) is 2.73. The maximum absolute atomic E-state index is 13.6. The quantitative estimate of drug-likeness (QED) is 0.264. The second-order valence-electron chi connectivity index (χ2n) is 6.90. The van der Waals surface area contributed by atoms with E-state index in [1.807, 2.05) is 31.1 Å². The third-order valence-corrected chi connectivity index (χ3v) is 6.88. The summed E-state index contributed by atoms with van der Waals surface area (Å²) in [6.07, 6.45) is -4.17. The van der Waals surface area contributed by atoms with Gasteiger partial charge in [-0.3, -0.25) is 4.57 Å². The maximum Gasteiger partial charge on any atom is 0.444 e. The van der Waals surface area contributed by atoms with Gasteiger partial charge in [0, 0.05) is 25.5 Å². The molecule has 32 heavy (non-hydrogen) atoms. The molecule has 0 aliphatic rings. The first-order valence-electron chi connectivity index (χ1n) is 9.90. The minimum absolute atomic E-state index is 0.163. The fourth-order valence-corrected chi connectivity index (χ4v) is 4.81. The number of nitrogens with zero attached hydrogens (tertiary/aromatic N) is 1. The highest BCUT2D eigenvalue weighted by Gasteiger charge is 2.42. The van der Waals surface area contributed by atoms with Gasteiger partial charge in [0.2, 0.25) is 0 Å². The largest absolute Gasteiger partial charge is 0.444 e. The predicted octanol–water partition coefficient (Wildman–Crippen LogP) is 6.64. The van der Waals surface area contributed by atoms with Crippen molar-refractivity contribution in [3.63, 3.8) is 0 Å². The second kappa shape index (κ2) is 11.3. The van der Waals surface area contributed by atoms with Crippen LogP contribution in [-0.4, -0.2) is 39.0 Å². The van der Waals surface area contributed by atoms with Crippen molar-refractivity contribution in [2.45, 2.75) is 31.4 Å². The van der Waals surface area contributed by atoms with Crippen LogP contribution < -0.4 is 15.0 Å². The zero-order valence-electron chi connectivity index (χ0n) is 18.2. The number of benzene rings is 2. The van der Waals surface area contributed by atoms with E-state index in [1.165, 1.54) is 24.3 Å². The molecule has 2 rings (SSSR count). The number of rotatable bonds is 12. The molecule has 0 fully saturated rings. The Balaban J connectivity index is 2.35. The van der Waals surface area contributed by atoms with E-state index >= 15 is 0 Å². The normalized spacial score (nSPS) is 14.0. The van der Waals surface area contributed by atoms with Gasteiger partial charge in [0.25, 0.3) is 5.63 Å². The van der Waals surface area contributed by atoms with Crippen molar-refractivity contribution in [2.75, 3.05) is 37.5 Å². The van der Waals surface area contributed by atoms with Crippen LogP contribution in [-0.2, 0) is 13.6 Å². The summed E-state index contributed by atoms with van der Waals surface area (Å²) in [7, 11) is 0.146. The van der Waals surface area contributed by atoms with E-state index in [0.29, 0.717) is 11.3 Å². The Bertz CT molecular complexity index is 889. The van der Waals surface area contributed by atoms with Gasteiger partial charge >= 0.3 is 13.7 Å².